The van der Waals surface area contributed by atoms with Crippen molar-refractivity contribution in [1.29, 1.82) is 0 Å². The van der Waals surface area contributed by atoms with E-state index in [0.29, 0.717) is 12.4 Å². The van der Waals surface area contributed by atoms with Gasteiger partial charge in [0.25, 0.3) is 5.91 Å². The van der Waals surface area contributed by atoms with Gasteiger partial charge in [-0.05, 0) is 26.0 Å². The fourth-order valence-electron chi connectivity index (χ4n) is 2.30. The molecule has 0 spiro atoms. The van der Waals surface area contributed by atoms with E-state index in [0.717, 1.165) is 27.9 Å². The Kier molecular flexibility index (Phi) is 4.18. The first-order valence-corrected chi connectivity index (χ1v) is 7.25. The number of hydrogen-bond donors (Lipinski definition) is 2. The van der Waals surface area contributed by atoms with Gasteiger partial charge in [-0.1, -0.05) is 12.1 Å². The minimum Gasteiger partial charge on any atom is -0.467 e. The Bertz CT molecular complexity index is 819. The van der Waals surface area contributed by atoms with Gasteiger partial charge in [0, 0.05) is 17.8 Å². The molecule has 2 heterocycles. The average molecular weight is 311 g/mol. The Labute approximate surface area is 133 Å². The molecule has 0 aliphatic carbocycles. The van der Waals surface area contributed by atoms with E-state index >= 15 is 0 Å². The molecule has 2 aromatic heterocycles. The molecule has 0 aliphatic heterocycles. The van der Waals surface area contributed by atoms with Crippen molar-refractivity contribution in [2.24, 2.45) is 0 Å². The van der Waals surface area contributed by atoms with Gasteiger partial charge in [-0.25, -0.2) is 9.97 Å². The lowest BCUT2D eigenvalue weighted by atomic mass is 10.2. The molecule has 0 saturated carbocycles. The molecule has 1 aromatic carbocycles. The summed E-state index contributed by atoms with van der Waals surface area (Å²) in [4.78, 5) is 20.2. The first-order valence-electron chi connectivity index (χ1n) is 7.25. The zero-order valence-electron chi connectivity index (χ0n) is 13.0. The van der Waals surface area contributed by atoms with Crippen molar-refractivity contribution in [3.63, 3.8) is 0 Å². The van der Waals surface area contributed by atoms with Crippen molar-refractivity contribution in [2.75, 3.05) is 6.61 Å². The third-order valence-electron chi connectivity index (χ3n) is 3.59. The summed E-state index contributed by atoms with van der Waals surface area (Å²) in [5, 5.41) is 10.6. The minimum atomic E-state index is -0.215. The highest BCUT2D eigenvalue weighted by Crippen LogP contribution is 2.20. The number of aromatic amines is 1. The van der Waals surface area contributed by atoms with Gasteiger partial charge in [-0.2, -0.15) is 5.10 Å². The van der Waals surface area contributed by atoms with E-state index in [1.54, 1.807) is 0 Å². The molecule has 0 fully saturated rings. The quantitative estimate of drug-likeness (QED) is 0.747. The molecule has 3 rings (SSSR count). The van der Waals surface area contributed by atoms with E-state index in [-0.39, 0.29) is 12.5 Å². The Morgan fingerprint density at radius 1 is 1.26 bits per heavy atom. The Morgan fingerprint density at radius 3 is 2.87 bits per heavy atom. The topological polar surface area (TPSA) is 92.8 Å². The van der Waals surface area contributed by atoms with Crippen LogP contribution in [0, 0.1) is 13.8 Å². The van der Waals surface area contributed by atoms with E-state index in [1.165, 1.54) is 6.33 Å². The number of aromatic nitrogens is 4. The molecule has 1 amide bonds. The molecule has 0 saturated heterocycles. The fraction of sp³-hybridized carbons (Fsp3) is 0.250. The van der Waals surface area contributed by atoms with E-state index in [4.69, 9.17) is 4.74 Å². The van der Waals surface area contributed by atoms with E-state index in [1.807, 2.05) is 38.1 Å². The van der Waals surface area contributed by atoms with E-state index in [9.17, 15) is 4.79 Å². The van der Waals surface area contributed by atoms with Gasteiger partial charge in [-0.3, -0.25) is 9.89 Å². The molecule has 0 bridgehead atoms. The van der Waals surface area contributed by atoms with Crippen LogP contribution in [0.2, 0.25) is 0 Å². The van der Waals surface area contributed by atoms with Gasteiger partial charge in [0.2, 0.25) is 5.88 Å². The standard InChI is InChI=1S/C16H17N5O2/c1-10-13(11(2)21-20-10)7-17-15(22)8-23-16-12-5-3-4-6-14(12)18-9-19-16/h3-6,9H,7-8H2,1-2H3,(H,17,22)(H,20,21). The highest BCUT2D eigenvalue weighted by Gasteiger charge is 2.10. The third-order valence-corrected chi connectivity index (χ3v) is 3.59. The van der Waals surface area contributed by atoms with Crippen LogP contribution >= 0.6 is 0 Å². The Hall–Kier alpha value is -2.96. The predicted molar refractivity (Wildman–Crippen MR) is 84.9 cm³/mol. The molecular formula is C16H17N5O2. The zero-order chi connectivity index (χ0) is 16.2. The Morgan fingerprint density at radius 2 is 2.09 bits per heavy atom. The maximum Gasteiger partial charge on any atom is 0.258 e. The summed E-state index contributed by atoms with van der Waals surface area (Å²) in [6.07, 6.45) is 1.42. The van der Waals surface area contributed by atoms with Gasteiger partial charge < -0.3 is 10.1 Å². The number of benzene rings is 1. The van der Waals surface area contributed by atoms with E-state index < -0.39 is 0 Å². The van der Waals surface area contributed by atoms with Crippen molar-refractivity contribution in [3.05, 3.63) is 47.5 Å². The number of carbonyl (C=O) groups is 1. The Balaban J connectivity index is 1.60. The second kappa shape index (κ2) is 6.43. The maximum absolute atomic E-state index is 12.0. The van der Waals surface area contributed by atoms with Crippen LogP contribution in [-0.4, -0.2) is 32.7 Å². The van der Waals surface area contributed by atoms with Gasteiger partial charge in [0.1, 0.15) is 6.33 Å². The van der Waals surface area contributed by atoms with Crippen LogP contribution in [-0.2, 0) is 11.3 Å². The number of nitrogens with one attached hydrogen (secondary N) is 2. The number of ether oxygens (including phenoxy) is 1. The monoisotopic (exact) mass is 311 g/mol. The number of amides is 1. The first-order chi connectivity index (χ1) is 11.1. The zero-order valence-corrected chi connectivity index (χ0v) is 13.0. The van der Waals surface area contributed by atoms with Crippen molar-refractivity contribution in [3.8, 4) is 5.88 Å². The van der Waals surface area contributed by atoms with E-state index in [2.05, 4.69) is 25.5 Å². The number of para-hydroxylation sites is 1. The number of aryl methyl sites for hydroxylation is 2. The second-order valence-corrected chi connectivity index (χ2v) is 5.17. The molecule has 23 heavy (non-hydrogen) atoms. The highest BCUT2D eigenvalue weighted by molar-refractivity contribution is 5.83. The van der Waals surface area contributed by atoms with Gasteiger partial charge in [-0.15, -0.1) is 0 Å². The molecule has 7 heteroatoms. The van der Waals surface area contributed by atoms with Crippen LogP contribution in [0.4, 0.5) is 0 Å². The first kappa shape index (κ1) is 15.0. The van der Waals surface area contributed by atoms with Gasteiger partial charge in [0.05, 0.1) is 16.6 Å². The summed E-state index contributed by atoms with van der Waals surface area (Å²) < 4.78 is 5.52. The normalized spacial score (nSPS) is 10.7. The van der Waals surface area contributed by atoms with Crippen LogP contribution in [0.1, 0.15) is 17.0 Å². The van der Waals surface area contributed by atoms with Crippen molar-refractivity contribution < 1.29 is 9.53 Å². The molecule has 3 aromatic rings. The minimum absolute atomic E-state index is 0.100. The molecule has 0 unspecified atom stereocenters. The predicted octanol–water partition coefficient (Wildman–Crippen LogP) is 1.66. The second-order valence-electron chi connectivity index (χ2n) is 5.17. The van der Waals surface area contributed by atoms with Crippen LogP contribution in [0.25, 0.3) is 10.9 Å². The smallest absolute Gasteiger partial charge is 0.258 e. The number of rotatable bonds is 5. The molecule has 0 aliphatic rings. The lowest BCUT2D eigenvalue weighted by Crippen LogP contribution is -2.29. The SMILES string of the molecule is Cc1n[nH]c(C)c1CNC(=O)COc1ncnc2ccccc12. The maximum atomic E-state index is 12.0. The van der Waals surface area contributed by atoms with Crippen LogP contribution in [0.5, 0.6) is 5.88 Å². The molecular weight excluding hydrogens is 294 g/mol. The molecule has 0 atom stereocenters. The number of carbonyl (C=O) groups excluding carboxylic acids is 1. The van der Waals surface area contributed by atoms with Crippen LogP contribution in [0.3, 0.4) is 0 Å². The molecule has 118 valence electrons. The number of H-pyrrole nitrogens is 1. The molecule has 2 N–H and O–H groups in total. The largest absolute Gasteiger partial charge is 0.467 e. The summed E-state index contributed by atoms with van der Waals surface area (Å²) in [6.45, 7) is 4.14. The van der Waals surface area contributed by atoms with Crippen molar-refractivity contribution in [1.82, 2.24) is 25.5 Å². The number of fused-ring (bicyclic) bond motifs is 1. The summed E-state index contributed by atoms with van der Waals surface area (Å²) in [7, 11) is 0. The molecule has 7 nitrogen and oxygen atoms in total. The van der Waals surface area contributed by atoms with Gasteiger partial charge >= 0.3 is 0 Å². The van der Waals surface area contributed by atoms with Crippen LogP contribution < -0.4 is 10.1 Å². The van der Waals surface area contributed by atoms with Gasteiger partial charge in [0.15, 0.2) is 6.61 Å². The fourth-order valence-corrected chi connectivity index (χ4v) is 2.30. The summed E-state index contributed by atoms with van der Waals surface area (Å²) >= 11 is 0. The summed E-state index contributed by atoms with van der Waals surface area (Å²) in [5.74, 6) is 0.189. The number of nitrogens with zero attached hydrogens (tertiary/aromatic N) is 3. The number of hydrogen-bond acceptors (Lipinski definition) is 5. The summed E-state index contributed by atoms with van der Waals surface area (Å²) in [5.41, 5.74) is 3.60. The third kappa shape index (κ3) is 3.28. The molecule has 0 radical (unpaired) electrons. The summed E-state index contributed by atoms with van der Waals surface area (Å²) in [6, 6.07) is 7.50. The van der Waals surface area contributed by atoms with Crippen molar-refractivity contribution in [2.45, 2.75) is 20.4 Å². The average Bonchev–Trinajstić information content (AvgIpc) is 2.89. The highest BCUT2D eigenvalue weighted by atomic mass is 16.5. The lowest BCUT2D eigenvalue weighted by Gasteiger charge is -2.08. The lowest BCUT2D eigenvalue weighted by molar-refractivity contribution is -0.123. The van der Waals surface area contributed by atoms with Crippen molar-refractivity contribution >= 4 is 16.8 Å². The van der Waals surface area contributed by atoms with Crippen LogP contribution in [0.15, 0.2) is 30.6 Å².